The first-order valence-electron chi connectivity index (χ1n) is 4.40. The molecule has 1 aromatic carbocycles. The van der Waals surface area contributed by atoms with Gasteiger partial charge in [0.2, 0.25) is 0 Å². The molecule has 1 aromatic heterocycles. The minimum Gasteiger partial charge on any atom is -0.493 e. The molecule has 0 aliphatic carbocycles. The maximum absolute atomic E-state index is 11.4. The zero-order valence-electron chi connectivity index (χ0n) is 8.33. The van der Waals surface area contributed by atoms with Crippen molar-refractivity contribution >= 4 is 26.9 Å². The van der Waals surface area contributed by atoms with E-state index in [4.69, 9.17) is 9.15 Å². The molecule has 0 fully saturated rings. The Kier molecular flexibility index (Phi) is 2.52. The number of ether oxygens (including phenoxy) is 1. The Morgan fingerprint density at radius 1 is 1.40 bits per heavy atom. The molecule has 15 heavy (non-hydrogen) atoms. The molecule has 78 valence electrons. The van der Waals surface area contributed by atoms with E-state index in [1.54, 1.807) is 26.2 Å². The zero-order chi connectivity index (χ0) is 11.0. The molecule has 0 bridgehead atoms. The van der Waals surface area contributed by atoms with Gasteiger partial charge in [-0.15, -0.1) is 0 Å². The minimum absolute atomic E-state index is 0.334. The summed E-state index contributed by atoms with van der Waals surface area (Å²) >= 11 is 3.40. The van der Waals surface area contributed by atoms with Gasteiger partial charge in [-0.1, -0.05) is 15.9 Å². The summed E-state index contributed by atoms with van der Waals surface area (Å²) in [5.74, 6) is 0.560. The van der Waals surface area contributed by atoms with E-state index in [-0.39, 0.29) is 5.63 Å². The Hall–Kier alpha value is -1.29. The standard InChI is InChI=1S/C11H9BrO3/c1-6-5-7-8(12)3-4-9(14-2)10(7)15-11(6)13/h3-5H,1-2H3. The number of rotatable bonds is 1. The van der Waals surface area contributed by atoms with E-state index in [1.807, 2.05) is 6.07 Å². The Balaban J connectivity index is 2.95. The molecule has 0 radical (unpaired) electrons. The smallest absolute Gasteiger partial charge is 0.339 e. The number of aryl methyl sites for hydroxylation is 1. The highest BCUT2D eigenvalue weighted by atomic mass is 79.9. The molecule has 4 heteroatoms. The molecule has 3 nitrogen and oxygen atoms in total. The zero-order valence-corrected chi connectivity index (χ0v) is 9.92. The highest BCUT2D eigenvalue weighted by Gasteiger charge is 2.09. The van der Waals surface area contributed by atoms with E-state index in [2.05, 4.69) is 15.9 Å². The molecule has 0 aliphatic rings. The Bertz CT molecular complexity index is 572. The number of methoxy groups -OCH3 is 1. The summed E-state index contributed by atoms with van der Waals surface area (Å²) in [6.07, 6.45) is 0. The van der Waals surface area contributed by atoms with E-state index in [9.17, 15) is 4.79 Å². The van der Waals surface area contributed by atoms with Gasteiger partial charge in [0.05, 0.1) is 7.11 Å². The molecule has 2 rings (SSSR count). The Morgan fingerprint density at radius 2 is 2.13 bits per heavy atom. The molecule has 0 spiro atoms. The van der Waals surface area contributed by atoms with Gasteiger partial charge in [0.25, 0.3) is 0 Å². The fourth-order valence-corrected chi connectivity index (χ4v) is 1.83. The average molecular weight is 269 g/mol. The van der Waals surface area contributed by atoms with Crippen LogP contribution in [-0.4, -0.2) is 7.11 Å². The van der Waals surface area contributed by atoms with Gasteiger partial charge in [-0.3, -0.25) is 0 Å². The van der Waals surface area contributed by atoms with Crippen molar-refractivity contribution in [1.82, 2.24) is 0 Å². The monoisotopic (exact) mass is 268 g/mol. The summed E-state index contributed by atoms with van der Waals surface area (Å²) in [5.41, 5.74) is 0.720. The fraction of sp³-hybridized carbons (Fsp3) is 0.182. The van der Waals surface area contributed by atoms with Crippen LogP contribution >= 0.6 is 15.9 Å². The van der Waals surface area contributed by atoms with Crippen molar-refractivity contribution in [1.29, 1.82) is 0 Å². The summed E-state index contributed by atoms with van der Waals surface area (Å²) in [7, 11) is 1.54. The molecule has 2 aromatic rings. The van der Waals surface area contributed by atoms with Crippen LogP contribution in [0.1, 0.15) is 5.56 Å². The van der Waals surface area contributed by atoms with Crippen molar-refractivity contribution in [3.8, 4) is 5.75 Å². The quantitative estimate of drug-likeness (QED) is 0.747. The van der Waals surface area contributed by atoms with Crippen LogP contribution in [0.2, 0.25) is 0 Å². The van der Waals surface area contributed by atoms with Crippen LogP contribution in [0.4, 0.5) is 0 Å². The van der Waals surface area contributed by atoms with Crippen LogP contribution in [-0.2, 0) is 0 Å². The van der Waals surface area contributed by atoms with Gasteiger partial charge >= 0.3 is 5.63 Å². The SMILES string of the molecule is COc1ccc(Br)c2cc(C)c(=O)oc12. The third-order valence-corrected chi connectivity index (χ3v) is 2.90. The van der Waals surface area contributed by atoms with E-state index in [1.165, 1.54) is 0 Å². The predicted octanol–water partition coefficient (Wildman–Crippen LogP) is 2.87. The van der Waals surface area contributed by atoms with Gasteiger partial charge < -0.3 is 9.15 Å². The number of hydrogen-bond acceptors (Lipinski definition) is 3. The lowest BCUT2D eigenvalue weighted by atomic mass is 10.2. The van der Waals surface area contributed by atoms with Crippen LogP contribution in [0.25, 0.3) is 11.0 Å². The van der Waals surface area contributed by atoms with Crippen LogP contribution in [0, 0.1) is 6.92 Å². The maximum Gasteiger partial charge on any atom is 0.339 e. The van der Waals surface area contributed by atoms with Gasteiger partial charge in [0.15, 0.2) is 11.3 Å². The topological polar surface area (TPSA) is 39.4 Å². The van der Waals surface area contributed by atoms with Gasteiger partial charge in [-0.25, -0.2) is 4.79 Å². The minimum atomic E-state index is -0.334. The first-order valence-corrected chi connectivity index (χ1v) is 5.19. The number of halogens is 1. The summed E-state index contributed by atoms with van der Waals surface area (Å²) < 4.78 is 11.2. The van der Waals surface area contributed by atoms with Crippen LogP contribution in [0.5, 0.6) is 5.75 Å². The molecule has 1 heterocycles. The molecule has 0 N–H and O–H groups in total. The van der Waals surface area contributed by atoms with Crippen molar-refractivity contribution in [3.05, 3.63) is 38.7 Å². The first-order chi connectivity index (χ1) is 7.13. The predicted molar refractivity (Wildman–Crippen MR) is 61.5 cm³/mol. The molecular weight excluding hydrogens is 260 g/mol. The molecule has 0 saturated carbocycles. The molecule has 0 aliphatic heterocycles. The molecule has 0 atom stereocenters. The summed E-state index contributed by atoms with van der Waals surface area (Å²) in [5, 5.41) is 0.839. The van der Waals surface area contributed by atoms with E-state index >= 15 is 0 Å². The lowest BCUT2D eigenvalue weighted by Crippen LogP contribution is -2.02. The lowest BCUT2D eigenvalue weighted by molar-refractivity contribution is 0.406. The highest BCUT2D eigenvalue weighted by molar-refractivity contribution is 9.10. The van der Waals surface area contributed by atoms with Crippen LogP contribution in [0.3, 0.4) is 0 Å². The van der Waals surface area contributed by atoms with Crippen molar-refractivity contribution in [3.63, 3.8) is 0 Å². The number of hydrogen-bond donors (Lipinski definition) is 0. The summed E-state index contributed by atoms with van der Waals surface area (Å²) in [6, 6.07) is 5.40. The van der Waals surface area contributed by atoms with Crippen LogP contribution < -0.4 is 10.4 Å². The summed E-state index contributed by atoms with van der Waals surface area (Å²) in [4.78, 5) is 11.4. The first kappa shape index (κ1) is 10.2. The second-order valence-electron chi connectivity index (χ2n) is 3.21. The molecule has 0 unspecified atom stereocenters. The number of benzene rings is 1. The van der Waals surface area contributed by atoms with Crippen molar-refractivity contribution < 1.29 is 9.15 Å². The van der Waals surface area contributed by atoms with E-state index in [0.29, 0.717) is 16.9 Å². The van der Waals surface area contributed by atoms with Crippen molar-refractivity contribution in [2.75, 3.05) is 7.11 Å². The fourth-order valence-electron chi connectivity index (χ4n) is 1.40. The Morgan fingerprint density at radius 3 is 2.80 bits per heavy atom. The van der Waals surface area contributed by atoms with Gasteiger partial charge in [-0.05, 0) is 25.1 Å². The Labute approximate surface area is 94.8 Å². The molecular formula is C11H9BrO3. The van der Waals surface area contributed by atoms with Crippen LogP contribution in [0.15, 0.2) is 31.9 Å². The van der Waals surface area contributed by atoms with E-state index in [0.717, 1.165) is 9.86 Å². The second-order valence-corrected chi connectivity index (χ2v) is 4.06. The molecule has 0 amide bonds. The largest absolute Gasteiger partial charge is 0.493 e. The second kappa shape index (κ2) is 3.70. The summed E-state index contributed by atoms with van der Waals surface area (Å²) in [6.45, 7) is 1.72. The van der Waals surface area contributed by atoms with Gasteiger partial charge in [0, 0.05) is 15.4 Å². The lowest BCUT2D eigenvalue weighted by Gasteiger charge is -2.05. The van der Waals surface area contributed by atoms with Gasteiger partial charge in [0.1, 0.15) is 0 Å². The maximum atomic E-state index is 11.4. The third kappa shape index (κ3) is 1.65. The molecule has 0 saturated heterocycles. The normalized spacial score (nSPS) is 10.6. The third-order valence-electron chi connectivity index (χ3n) is 2.20. The van der Waals surface area contributed by atoms with Crippen molar-refractivity contribution in [2.45, 2.75) is 6.92 Å². The highest BCUT2D eigenvalue weighted by Crippen LogP contribution is 2.30. The number of fused-ring (bicyclic) bond motifs is 1. The average Bonchev–Trinajstić information content (AvgIpc) is 2.22. The van der Waals surface area contributed by atoms with E-state index < -0.39 is 0 Å². The van der Waals surface area contributed by atoms with Crippen molar-refractivity contribution in [2.24, 2.45) is 0 Å². The van der Waals surface area contributed by atoms with Gasteiger partial charge in [-0.2, -0.15) is 0 Å².